The Bertz CT molecular complexity index is 461. The van der Waals surface area contributed by atoms with Crippen molar-refractivity contribution in [1.29, 1.82) is 0 Å². The van der Waals surface area contributed by atoms with Crippen molar-refractivity contribution in [2.24, 2.45) is 11.7 Å². The van der Waals surface area contributed by atoms with E-state index in [1.54, 1.807) is 6.20 Å². The van der Waals surface area contributed by atoms with Crippen molar-refractivity contribution < 1.29 is 4.74 Å². The van der Waals surface area contributed by atoms with Gasteiger partial charge < -0.3 is 20.8 Å². The number of aromatic nitrogens is 2. The number of nitrogens with two attached hydrogens (primary N) is 1. The molecule has 0 radical (unpaired) electrons. The zero-order chi connectivity index (χ0) is 11.8. The van der Waals surface area contributed by atoms with E-state index in [0.29, 0.717) is 11.7 Å². The largest absolute Gasteiger partial charge is 0.376 e. The minimum absolute atomic E-state index is 0.00343. The number of hydrogen-bond acceptors (Lipinski definition) is 5. The summed E-state index contributed by atoms with van der Waals surface area (Å²) in [6, 6.07) is 0.0398. The Labute approximate surface area is 98.6 Å². The molecule has 0 aromatic carbocycles. The normalized spacial score (nSPS) is 35.8. The van der Waals surface area contributed by atoms with Crippen LogP contribution in [0, 0.1) is 5.92 Å². The summed E-state index contributed by atoms with van der Waals surface area (Å²) in [6.07, 6.45) is 5.37. The number of nitrogens with zero attached hydrogens (tertiary/aromatic N) is 1. The van der Waals surface area contributed by atoms with Crippen LogP contribution in [0.3, 0.4) is 0 Å². The topological polar surface area (TPSA) is 93.0 Å². The van der Waals surface area contributed by atoms with Crippen LogP contribution in [0.15, 0.2) is 17.2 Å². The highest BCUT2D eigenvalue weighted by Crippen LogP contribution is 2.37. The number of anilines is 1. The number of H-pyrrole nitrogens is 1. The van der Waals surface area contributed by atoms with Crippen LogP contribution in [0.4, 0.5) is 5.82 Å². The molecular formula is C11H16N4O2. The monoisotopic (exact) mass is 236 g/mol. The number of ether oxygens (including phenoxy) is 1. The van der Waals surface area contributed by atoms with Gasteiger partial charge in [0.15, 0.2) is 5.82 Å². The maximum atomic E-state index is 11.5. The van der Waals surface area contributed by atoms with Crippen molar-refractivity contribution in [3.8, 4) is 0 Å². The smallest absolute Gasteiger partial charge is 0.290 e. The molecule has 4 unspecified atom stereocenters. The highest BCUT2D eigenvalue weighted by atomic mass is 16.5. The van der Waals surface area contributed by atoms with Gasteiger partial charge in [-0.3, -0.25) is 4.79 Å². The average Bonchev–Trinajstić information content (AvgIpc) is 2.37. The van der Waals surface area contributed by atoms with Gasteiger partial charge in [0.05, 0.1) is 12.1 Å². The minimum atomic E-state index is -0.223. The van der Waals surface area contributed by atoms with E-state index in [4.69, 9.17) is 10.5 Å². The van der Waals surface area contributed by atoms with Crippen molar-refractivity contribution in [2.75, 3.05) is 11.9 Å². The first kappa shape index (κ1) is 10.7. The van der Waals surface area contributed by atoms with Gasteiger partial charge in [-0.2, -0.15) is 0 Å². The maximum absolute atomic E-state index is 11.5. The quantitative estimate of drug-likeness (QED) is 0.654. The first-order chi connectivity index (χ1) is 8.27. The molecule has 6 heteroatoms. The third-order valence-electron chi connectivity index (χ3n) is 3.69. The molecule has 0 bridgehead atoms. The molecule has 1 aromatic heterocycles. The summed E-state index contributed by atoms with van der Waals surface area (Å²) in [7, 11) is 0. The Morgan fingerprint density at radius 1 is 1.59 bits per heavy atom. The molecular weight excluding hydrogens is 220 g/mol. The predicted molar refractivity (Wildman–Crippen MR) is 62.7 cm³/mol. The Morgan fingerprint density at radius 3 is 3.29 bits per heavy atom. The van der Waals surface area contributed by atoms with Crippen LogP contribution >= 0.6 is 0 Å². The highest BCUT2D eigenvalue weighted by molar-refractivity contribution is 5.35. The lowest BCUT2D eigenvalue weighted by Gasteiger charge is -2.52. The molecule has 0 spiro atoms. The van der Waals surface area contributed by atoms with Crippen LogP contribution in [-0.2, 0) is 4.74 Å². The van der Waals surface area contributed by atoms with Gasteiger partial charge in [-0.05, 0) is 12.8 Å². The molecule has 3 rings (SSSR count). The zero-order valence-electron chi connectivity index (χ0n) is 9.43. The lowest BCUT2D eigenvalue weighted by atomic mass is 9.69. The van der Waals surface area contributed by atoms with Gasteiger partial charge in [-0.1, -0.05) is 0 Å². The molecule has 2 heterocycles. The summed E-state index contributed by atoms with van der Waals surface area (Å²) in [5, 5.41) is 3.09. The fraction of sp³-hybridized carbons (Fsp3) is 0.636. The Morgan fingerprint density at radius 2 is 2.47 bits per heavy atom. The lowest BCUT2D eigenvalue weighted by Crippen LogP contribution is -2.69. The van der Waals surface area contributed by atoms with Crippen LogP contribution in [0.5, 0.6) is 0 Å². The van der Waals surface area contributed by atoms with Crippen molar-refractivity contribution in [1.82, 2.24) is 9.97 Å². The van der Waals surface area contributed by atoms with E-state index in [-0.39, 0.29) is 23.7 Å². The first-order valence-electron chi connectivity index (χ1n) is 5.95. The van der Waals surface area contributed by atoms with E-state index in [9.17, 15) is 4.79 Å². The molecule has 1 saturated heterocycles. The number of nitrogens with one attached hydrogen (secondary N) is 2. The van der Waals surface area contributed by atoms with Crippen molar-refractivity contribution in [3.05, 3.63) is 22.7 Å². The van der Waals surface area contributed by atoms with E-state index >= 15 is 0 Å². The van der Waals surface area contributed by atoms with E-state index in [0.717, 1.165) is 19.4 Å². The Balaban J connectivity index is 1.74. The molecule has 2 fully saturated rings. The Kier molecular flexibility index (Phi) is 2.60. The standard InChI is InChI=1S/C11H16N4O2/c12-7-6-2-1-5-17-9(6)8(7)15-10-11(16)14-4-3-13-10/h3-4,6-9H,1-2,5,12H2,(H,13,15)(H,14,16). The minimum Gasteiger partial charge on any atom is -0.376 e. The SMILES string of the molecule is NC1C2CCCOC2C1Nc1ncc[nH]c1=O. The van der Waals surface area contributed by atoms with E-state index in [1.807, 2.05) is 0 Å². The first-order valence-corrected chi connectivity index (χ1v) is 5.95. The molecule has 1 aromatic rings. The summed E-state index contributed by atoms with van der Waals surface area (Å²) in [5.74, 6) is 0.740. The summed E-state index contributed by atoms with van der Waals surface area (Å²) in [5.41, 5.74) is 5.87. The number of rotatable bonds is 2. The molecule has 6 nitrogen and oxygen atoms in total. The number of fused-ring (bicyclic) bond motifs is 1. The third kappa shape index (κ3) is 1.73. The fourth-order valence-corrected chi connectivity index (χ4v) is 2.74. The Hall–Kier alpha value is -1.40. The van der Waals surface area contributed by atoms with Crippen LogP contribution < -0.4 is 16.6 Å². The second-order valence-electron chi connectivity index (χ2n) is 4.66. The molecule has 1 saturated carbocycles. The van der Waals surface area contributed by atoms with E-state index < -0.39 is 0 Å². The molecule has 92 valence electrons. The number of aromatic amines is 1. The molecule has 4 N–H and O–H groups in total. The number of hydrogen-bond donors (Lipinski definition) is 3. The van der Waals surface area contributed by atoms with Gasteiger partial charge in [-0.15, -0.1) is 0 Å². The van der Waals surface area contributed by atoms with Gasteiger partial charge in [0.2, 0.25) is 0 Å². The molecule has 0 amide bonds. The van der Waals surface area contributed by atoms with Gasteiger partial charge in [0.1, 0.15) is 0 Å². The summed E-state index contributed by atoms with van der Waals surface area (Å²) in [4.78, 5) is 18.1. The summed E-state index contributed by atoms with van der Waals surface area (Å²) >= 11 is 0. The molecule has 1 aliphatic carbocycles. The lowest BCUT2D eigenvalue weighted by molar-refractivity contribution is -0.104. The van der Waals surface area contributed by atoms with Crippen molar-refractivity contribution in [2.45, 2.75) is 31.0 Å². The second-order valence-corrected chi connectivity index (χ2v) is 4.66. The molecule has 4 atom stereocenters. The predicted octanol–water partition coefficient (Wildman–Crippen LogP) is -0.314. The molecule has 17 heavy (non-hydrogen) atoms. The van der Waals surface area contributed by atoms with E-state index in [1.165, 1.54) is 6.20 Å². The van der Waals surface area contributed by atoms with E-state index in [2.05, 4.69) is 15.3 Å². The average molecular weight is 236 g/mol. The van der Waals surface area contributed by atoms with Gasteiger partial charge in [0, 0.05) is 31.0 Å². The van der Waals surface area contributed by atoms with Crippen molar-refractivity contribution in [3.63, 3.8) is 0 Å². The third-order valence-corrected chi connectivity index (χ3v) is 3.69. The van der Waals surface area contributed by atoms with Gasteiger partial charge in [-0.25, -0.2) is 4.98 Å². The molecule has 1 aliphatic heterocycles. The summed E-state index contributed by atoms with van der Waals surface area (Å²) < 4.78 is 5.69. The maximum Gasteiger partial charge on any atom is 0.290 e. The second kappa shape index (κ2) is 4.12. The van der Waals surface area contributed by atoms with Crippen LogP contribution in [-0.4, -0.2) is 34.8 Å². The van der Waals surface area contributed by atoms with Gasteiger partial charge in [0.25, 0.3) is 5.56 Å². The zero-order valence-corrected chi connectivity index (χ0v) is 9.43. The van der Waals surface area contributed by atoms with Crippen LogP contribution in [0.1, 0.15) is 12.8 Å². The van der Waals surface area contributed by atoms with Crippen LogP contribution in [0.25, 0.3) is 0 Å². The van der Waals surface area contributed by atoms with Gasteiger partial charge >= 0.3 is 0 Å². The fourth-order valence-electron chi connectivity index (χ4n) is 2.74. The van der Waals surface area contributed by atoms with Crippen LogP contribution in [0.2, 0.25) is 0 Å². The highest BCUT2D eigenvalue weighted by Gasteiger charge is 2.50. The summed E-state index contributed by atoms with van der Waals surface area (Å²) in [6.45, 7) is 0.782. The molecule has 2 aliphatic rings. The van der Waals surface area contributed by atoms with Crippen molar-refractivity contribution >= 4 is 5.82 Å².